The number of amides is 2. The van der Waals surface area contributed by atoms with Crippen LogP contribution >= 0.6 is 0 Å². The van der Waals surface area contributed by atoms with Gasteiger partial charge in [0.1, 0.15) is 5.82 Å². The quantitative estimate of drug-likeness (QED) is 0.854. The smallest absolute Gasteiger partial charge is 0.317 e. The molecule has 0 heterocycles. The van der Waals surface area contributed by atoms with Gasteiger partial charge in [-0.25, -0.2) is 13.6 Å². The Labute approximate surface area is 146 Å². The van der Waals surface area contributed by atoms with Crippen LogP contribution in [0.25, 0.3) is 0 Å². The molecule has 0 aliphatic heterocycles. The van der Waals surface area contributed by atoms with E-state index in [4.69, 9.17) is 4.74 Å². The van der Waals surface area contributed by atoms with Gasteiger partial charge in [-0.1, -0.05) is 18.2 Å². The molecule has 0 spiro atoms. The second kappa shape index (κ2) is 8.46. The van der Waals surface area contributed by atoms with Gasteiger partial charge in [0, 0.05) is 20.1 Å². The minimum absolute atomic E-state index is 0.111. The van der Waals surface area contributed by atoms with Crippen molar-refractivity contribution in [2.24, 2.45) is 0 Å². The summed E-state index contributed by atoms with van der Waals surface area (Å²) in [6.45, 7) is 4.20. The molecular weight excluding hydrogens is 326 g/mol. The number of carbonyl (C=O) groups excluding carboxylic acids is 1. The highest BCUT2D eigenvalue weighted by molar-refractivity contribution is 5.73. The Balaban J connectivity index is 1.88. The normalized spacial score (nSPS) is 10.6. The lowest BCUT2D eigenvalue weighted by Gasteiger charge is -2.18. The van der Waals surface area contributed by atoms with E-state index in [1.165, 1.54) is 23.1 Å². The van der Waals surface area contributed by atoms with E-state index in [2.05, 4.69) is 5.32 Å². The molecule has 0 radical (unpaired) electrons. The van der Waals surface area contributed by atoms with E-state index in [-0.39, 0.29) is 30.2 Å². The minimum Gasteiger partial charge on any atom is -0.488 e. The Morgan fingerprint density at radius 2 is 1.76 bits per heavy atom. The maximum Gasteiger partial charge on any atom is 0.317 e. The van der Waals surface area contributed by atoms with Crippen LogP contribution in [0.4, 0.5) is 13.6 Å². The fourth-order valence-electron chi connectivity index (χ4n) is 2.25. The van der Waals surface area contributed by atoms with Crippen LogP contribution in [-0.2, 0) is 13.1 Å². The van der Waals surface area contributed by atoms with Crippen molar-refractivity contribution < 1.29 is 18.3 Å². The zero-order valence-electron chi connectivity index (χ0n) is 14.6. The molecule has 4 nitrogen and oxygen atoms in total. The zero-order valence-corrected chi connectivity index (χ0v) is 14.6. The molecular formula is C19H22F2N2O2. The lowest BCUT2D eigenvalue weighted by molar-refractivity contribution is 0.206. The lowest BCUT2D eigenvalue weighted by Crippen LogP contribution is -2.36. The predicted molar refractivity (Wildman–Crippen MR) is 92.3 cm³/mol. The van der Waals surface area contributed by atoms with Crippen molar-refractivity contribution in [1.29, 1.82) is 0 Å². The lowest BCUT2D eigenvalue weighted by atomic mass is 10.2. The summed E-state index contributed by atoms with van der Waals surface area (Å²) in [5, 5.41) is 2.72. The molecule has 6 heteroatoms. The highest BCUT2D eigenvalue weighted by Crippen LogP contribution is 2.19. The Kier molecular flexibility index (Phi) is 6.33. The van der Waals surface area contributed by atoms with Crippen LogP contribution in [-0.4, -0.2) is 24.1 Å². The summed E-state index contributed by atoms with van der Waals surface area (Å²) < 4.78 is 32.2. The van der Waals surface area contributed by atoms with Gasteiger partial charge in [0.2, 0.25) is 0 Å². The Bertz CT molecular complexity index is 718. The largest absolute Gasteiger partial charge is 0.488 e. The van der Waals surface area contributed by atoms with Gasteiger partial charge in [-0.3, -0.25) is 0 Å². The number of hydrogen-bond acceptors (Lipinski definition) is 2. The van der Waals surface area contributed by atoms with Gasteiger partial charge >= 0.3 is 6.03 Å². The first kappa shape index (κ1) is 18.7. The number of urea groups is 1. The number of carbonyl (C=O) groups is 1. The van der Waals surface area contributed by atoms with E-state index < -0.39 is 5.82 Å². The van der Waals surface area contributed by atoms with Gasteiger partial charge in [-0.2, -0.15) is 0 Å². The molecule has 0 aromatic heterocycles. The van der Waals surface area contributed by atoms with Crippen molar-refractivity contribution in [3.05, 3.63) is 65.2 Å². The second-order valence-corrected chi connectivity index (χ2v) is 6.07. The molecule has 2 aromatic rings. The van der Waals surface area contributed by atoms with Crippen molar-refractivity contribution in [1.82, 2.24) is 10.2 Å². The number of halogens is 2. The Morgan fingerprint density at radius 3 is 2.36 bits per heavy atom. The van der Waals surface area contributed by atoms with E-state index in [1.54, 1.807) is 31.3 Å². The van der Waals surface area contributed by atoms with Crippen molar-refractivity contribution in [3.8, 4) is 5.75 Å². The molecule has 2 aromatic carbocycles. The Morgan fingerprint density at radius 1 is 1.12 bits per heavy atom. The molecule has 0 fully saturated rings. The van der Waals surface area contributed by atoms with Crippen LogP contribution in [0.5, 0.6) is 5.75 Å². The molecule has 2 rings (SSSR count). The molecule has 0 aliphatic carbocycles. The monoisotopic (exact) mass is 348 g/mol. The van der Waals surface area contributed by atoms with Crippen LogP contribution in [0.15, 0.2) is 42.5 Å². The summed E-state index contributed by atoms with van der Waals surface area (Å²) in [4.78, 5) is 13.6. The Hall–Kier alpha value is -2.63. The maximum atomic E-state index is 13.9. The average molecular weight is 348 g/mol. The minimum atomic E-state index is -0.458. The number of rotatable bonds is 6. The summed E-state index contributed by atoms with van der Waals surface area (Å²) >= 11 is 0. The van der Waals surface area contributed by atoms with Crippen molar-refractivity contribution >= 4 is 6.03 Å². The predicted octanol–water partition coefficient (Wildman–Crippen LogP) is 4.09. The fraction of sp³-hybridized carbons (Fsp3) is 0.316. The highest BCUT2D eigenvalue weighted by atomic mass is 19.1. The third kappa shape index (κ3) is 5.74. The number of hydrogen-bond donors (Lipinski definition) is 1. The first-order valence-corrected chi connectivity index (χ1v) is 8.03. The summed E-state index contributed by atoms with van der Waals surface area (Å²) in [7, 11) is 1.64. The molecule has 0 saturated heterocycles. The summed E-state index contributed by atoms with van der Waals surface area (Å²) in [6.07, 6.45) is -0.111. The fourth-order valence-corrected chi connectivity index (χ4v) is 2.25. The van der Waals surface area contributed by atoms with Crippen LogP contribution < -0.4 is 10.1 Å². The van der Waals surface area contributed by atoms with Crippen molar-refractivity contribution in [2.45, 2.75) is 33.0 Å². The summed E-state index contributed by atoms with van der Waals surface area (Å²) in [5.41, 5.74) is 1.46. The molecule has 0 saturated carbocycles. The van der Waals surface area contributed by atoms with Gasteiger partial charge in [0.05, 0.1) is 6.10 Å². The number of nitrogens with one attached hydrogen (secondary N) is 1. The van der Waals surface area contributed by atoms with Gasteiger partial charge in [-0.05, 0) is 49.2 Å². The van der Waals surface area contributed by atoms with Crippen molar-refractivity contribution in [3.63, 3.8) is 0 Å². The summed E-state index contributed by atoms with van der Waals surface area (Å²) in [6, 6.07) is 10.3. The second-order valence-electron chi connectivity index (χ2n) is 6.07. The van der Waals surface area contributed by atoms with E-state index in [0.29, 0.717) is 12.1 Å². The number of nitrogens with zero attached hydrogens (tertiary/aromatic N) is 1. The van der Waals surface area contributed by atoms with E-state index in [0.717, 1.165) is 5.56 Å². The van der Waals surface area contributed by atoms with Gasteiger partial charge in [0.15, 0.2) is 11.6 Å². The average Bonchev–Trinajstić information content (AvgIpc) is 2.56. The zero-order chi connectivity index (χ0) is 18.4. The SMILES string of the molecule is CC(C)Oc1ccc(CNC(=O)N(C)Cc2ccc(F)cc2)cc1F. The van der Waals surface area contributed by atoms with Gasteiger partial charge in [-0.15, -0.1) is 0 Å². The van der Waals surface area contributed by atoms with E-state index in [9.17, 15) is 13.6 Å². The first-order chi connectivity index (χ1) is 11.8. The van der Waals surface area contributed by atoms with Crippen molar-refractivity contribution in [2.75, 3.05) is 7.05 Å². The molecule has 2 amide bonds. The van der Waals surface area contributed by atoms with Gasteiger partial charge in [0.25, 0.3) is 0 Å². The van der Waals surface area contributed by atoms with E-state index in [1.807, 2.05) is 13.8 Å². The third-order valence-electron chi connectivity index (χ3n) is 3.48. The molecule has 0 aliphatic rings. The standard InChI is InChI=1S/C19H22F2N2O2/c1-13(2)25-18-9-6-15(10-17(18)21)11-22-19(24)23(3)12-14-4-7-16(20)8-5-14/h4-10,13H,11-12H2,1-3H3,(H,22,24). The van der Waals surface area contributed by atoms with Crippen LogP contribution in [0, 0.1) is 11.6 Å². The molecule has 0 atom stereocenters. The molecule has 1 N–H and O–H groups in total. The third-order valence-corrected chi connectivity index (χ3v) is 3.48. The summed E-state index contributed by atoms with van der Waals surface area (Å²) in [5.74, 6) is -0.582. The van der Waals surface area contributed by atoms with E-state index >= 15 is 0 Å². The van der Waals surface area contributed by atoms with Crippen LogP contribution in [0.2, 0.25) is 0 Å². The van der Waals surface area contributed by atoms with Crippen LogP contribution in [0.3, 0.4) is 0 Å². The molecule has 134 valence electrons. The molecule has 0 unspecified atom stereocenters. The highest BCUT2D eigenvalue weighted by Gasteiger charge is 2.11. The first-order valence-electron chi connectivity index (χ1n) is 8.03. The van der Waals surface area contributed by atoms with Crippen LogP contribution in [0.1, 0.15) is 25.0 Å². The maximum absolute atomic E-state index is 13.9. The van der Waals surface area contributed by atoms with Gasteiger partial charge < -0.3 is 15.0 Å². The number of ether oxygens (including phenoxy) is 1. The topological polar surface area (TPSA) is 41.6 Å². The molecule has 25 heavy (non-hydrogen) atoms. The number of benzene rings is 2. The molecule has 0 bridgehead atoms.